The lowest BCUT2D eigenvalue weighted by atomic mass is 9.90. The van der Waals surface area contributed by atoms with Gasteiger partial charge >= 0.3 is 0 Å². The summed E-state index contributed by atoms with van der Waals surface area (Å²) >= 11 is 6.15. The summed E-state index contributed by atoms with van der Waals surface area (Å²) in [6, 6.07) is 3.85. The van der Waals surface area contributed by atoms with Gasteiger partial charge in [-0.05, 0) is 30.9 Å². The van der Waals surface area contributed by atoms with Crippen LogP contribution in [0.25, 0.3) is 10.9 Å². The van der Waals surface area contributed by atoms with Crippen LogP contribution in [0, 0.1) is 5.92 Å². The molecule has 1 amide bonds. The Bertz CT molecular complexity index is 717. The number of hydrogen-bond donors (Lipinski definition) is 1. The minimum atomic E-state index is 0.0327. The molecule has 3 nitrogen and oxygen atoms in total. The van der Waals surface area contributed by atoms with Crippen molar-refractivity contribution >= 4 is 41.7 Å². The molecule has 5 heteroatoms. The summed E-state index contributed by atoms with van der Waals surface area (Å²) in [6.45, 7) is 0.794. The van der Waals surface area contributed by atoms with E-state index in [4.69, 9.17) is 11.6 Å². The van der Waals surface area contributed by atoms with Crippen LogP contribution >= 0.6 is 11.6 Å². The van der Waals surface area contributed by atoms with Crippen LogP contribution in [-0.2, 0) is 7.05 Å². The molecule has 1 aliphatic carbocycles. The molecule has 1 N–H and O–H groups in total. The molecule has 1 fully saturated rings. The van der Waals surface area contributed by atoms with Crippen molar-refractivity contribution < 1.29 is 4.79 Å². The quantitative estimate of drug-likeness (QED) is 0.681. The third-order valence-electron chi connectivity index (χ3n) is 5.02. The van der Waals surface area contributed by atoms with Gasteiger partial charge in [-0.2, -0.15) is 0 Å². The molecular weight excluding hydrogens is 306 g/mol. The highest BCUT2D eigenvalue weighted by Crippen LogP contribution is 2.24. The van der Waals surface area contributed by atoms with E-state index >= 15 is 0 Å². The molecule has 0 unspecified atom stereocenters. The van der Waals surface area contributed by atoms with Crippen LogP contribution in [-0.4, -0.2) is 24.9 Å². The Balaban J connectivity index is 1.78. The monoisotopic (exact) mass is 330 g/mol. The van der Waals surface area contributed by atoms with E-state index in [2.05, 4.69) is 5.32 Å². The molecule has 1 saturated carbocycles. The Morgan fingerprint density at radius 1 is 1.30 bits per heavy atom. The number of amides is 1. The lowest BCUT2D eigenvalue weighted by Crippen LogP contribution is -2.29. The summed E-state index contributed by atoms with van der Waals surface area (Å²) < 4.78 is 1.98. The van der Waals surface area contributed by atoms with Gasteiger partial charge in [-0.25, -0.2) is 0 Å². The number of benzene rings is 1. The van der Waals surface area contributed by atoms with Gasteiger partial charge in [0.15, 0.2) is 0 Å². The zero-order valence-electron chi connectivity index (χ0n) is 14.0. The molecule has 0 bridgehead atoms. The van der Waals surface area contributed by atoms with E-state index in [9.17, 15) is 4.79 Å². The predicted molar refractivity (Wildman–Crippen MR) is 99.6 cm³/mol. The Hall–Kier alpha value is -1.42. The first-order chi connectivity index (χ1) is 11.1. The fraction of sp³-hybridized carbons (Fsp3) is 0.500. The van der Waals surface area contributed by atoms with Gasteiger partial charge in [0.25, 0.3) is 5.91 Å². The lowest BCUT2D eigenvalue weighted by Gasteiger charge is -2.14. The fourth-order valence-electron chi connectivity index (χ4n) is 3.75. The summed E-state index contributed by atoms with van der Waals surface area (Å²) in [4.78, 5) is 12.7. The normalized spacial score (nSPS) is 16.4. The van der Waals surface area contributed by atoms with Crippen molar-refractivity contribution in [3.63, 3.8) is 0 Å². The first-order valence-electron chi connectivity index (χ1n) is 8.59. The van der Waals surface area contributed by atoms with Crippen LogP contribution in [0.5, 0.6) is 0 Å². The van der Waals surface area contributed by atoms with Crippen LogP contribution in [0.3, 0.4) is 0 Å². The summed E-state index contributed by atoms with van der Waals surface area (Å²) in [5.41, 5.74) is 2.81. The number of rotatable bonds is 3. The van der Waals surface area contributed by atoms with E-state index < -0.39 is 0 Å². The minimum Gasteiger partial charge on any atom is -0.352 e. The van der Waals surface area contributed by atoms with E-state index in [0.29, 0.717) is 10.9 Å². The maximum absolute atomic E-state index is 12.7. The maximum atomic E-state index is 12.7. The van der Waals surface area contributed by atoms with Gasteiger partial charge in [-0.15, -0.1) is 0 Å². The molecule has 1 aromatic heterocycles. The highest BCUT2D eigenvalue weighted by atomic mass is 35.5. The molecule has 122 valence electrons. The molecule has 3 rings (SSSR count). The van der Waals surface area contributed by atoms with E-state index in [-0.39, 0.29) is 5.91 Å². The average molecular weight is 331 g/mol. The van der Waals surface area contributed by atoms with Gasteiger partial charge in [0.2, 0.25) is 0 Å². The topological polar surface area (TPSA) is 34.0 Å². The summed E-state index contributed by atoms with van der Waals surface area (Å²) in [5.74, 6) is 0.664. The highest BCUT2D eigenvalue weighted by molar-refractivity contribution is 6.42. The third kappa shape index (κ3) is 3.58. The van der Waals surface area contributed by atoms with Crippen molar-refractivity contribution in [1.29, 1.82) is 0 Å². The molecule has 23 heavy (non-hydrogen) atoms. The van der Waals surface area contributed by atoms with Crippen molar-refractivity contribution in [2.45, 2.75) is 38.5 Å². The summed E-state index contributed by atoms with van der Waals surface area (Å²) in [7, 11) is 3.97. The first kappa shape index (κ1) is 16.4. The number of carbonyl (C=O) groups is 1. The fourth-order valence-corrected chi connectivity index (χ4v) is 4.02. The average Bonchev–Trinajstić information content (AvgIpc) is 2.71. The zero-order chi connectivity index (χ0) is 16.4. The van der Waals surface area contributed by atoms with Crippen molar-refractivity contribution in [2.75, 3.05) is 6.54 Å². The van der Waals surface area contributed by atoms with Crippen molar-refractivity contribution in [3.05, 3.63) is 28.9 Å². The third-order valence-corrected chi connectivity index (χ3v) is 5.24. The smallest absolute Gasteiger partial charge is 0.253 e. The zero-order valence-corrected chi connectivity index (χ0v) is 14.7. The van der Waals surface area contributed by atoms with Crippen molar-refractivity contribution in [3.8, 4) is 0 Å². The Labute approximate surface area is 143 Å². The molecule has 0 aliphatic heterocycles. The molecule has 0 spiro atoms. The second kappa shape index (κ2) is 7.00. The second-order valence-corrected chi connectivity index (χ2v) is 7.27. The molecule has 1 heterocycles. The van der Waals surface area contributed by atoms with Crippen LogP contribution in [0.1, 0.15) is 48.9 Å². The number of nitrogens with zero attached hydrogens (tertiary/aromatic N) is 1. The van der Waals surface area contributed by atoms with Gasteiger partial charge in [0, 0.05) is 35.7 Å². The summed E-state index contributed by atoms with van der Waals surface area (Å²) in [5, 5.41) is 4.88. The largest absolute Gasteiger partial charge is 0.352 e. The number of halogens is 1. The standard InChI is InChI=1S/C18H24BClN2O/c1-22-11-14(17-15(19)8-13(20)9-16(17)22)18(23)21-10-12-6-4-2-3-5-7-12/h8-9,11-12H,2-7,10,19H2,1H3,(H,21,23). The Morgan fingerprint density at radius 2 is 2.00 bits per heavy atom. The van der Waals surface area contributed by atoms with Crippen LogP contribution in [0.15, 0.2) is 18.3 Å². The Kier molecular flexibility index (Phi) is 5.00. The molecule has 0 saturated heterocycles. The number of carbonyl (C=O) groups excluding carboxylic acids is 1. The molecule has 1 aromatic carbocycles. The maximum Gasteiger partial charge on any atom is 0.253 e. The number of nitrogens with one attached hydrogen (secondary N) is 1. The van der Waals surface area contributed by atoms with E-state index in [0.717, 1.165) is 28.5 Å². The SMILES string of the molecule is Bc1cc(Cl)cc2c1c(C(=O)NCC1CCCCCC1)cn2C. The van der Waals surface area contributed by atoms with Crippen molar-refractivity contribution in [1.82, 2.24) is 9.88 Å². The van der Waals surface area contributed by atoms with E-state index in [1.165, 1.54) is 38.5 Å². The number of aryl methyl sites for hydroxylation is 1. The van der Waals surface area contributed by atoms with Crippen molar-refractivity contribution in [2.24, 2.45) is 13.0 Å². The van der Waals surface area contributed by atoms with E-state index in [1.54, 1.807) is 0 Å². The minimum absolute atomic E-state index is 0.0327. The van der Waals surface area contributed by atoms with Crippen LogP contribution in [0.4, 0.5) is 0 Å². The molecule has 2 aromatic rings. The van der Waals surface area contributed by atoms with Gasteiger partial charge in [0.1, 0.15) is 7.85 Å². The first-order valence-corrected chi connectivity index (χ1v) is 8.97. The van der Waals surface area contributed by atoms with Gasteiger partial charge in [-0.3, -0.25) is 4.79 Å². The predicted octanol–water partition coefficient (Wildman–Crippen LogP) is 2.79. The number of aromatic nitrogens is 1. The summed E-state index contributed by atoms with van der Waals surface area (Å²) in [6.07, 6.45) is 9.67. The van der Waals surface area contributed by atoms with Crippen LogP contribution in [0.2, 0.25) is 5.02 Å². The highest BCUT2D eigenvalue weighted by Gasteiger charge is 2.18. The molecule has 1 aliphatic rings. The van der Waals surface area contributed by atoms with Gasteiger partial charge < -0.3 is 9.88 Å². The molecular formula is C18H24BClN2O. The van der Waals surface area contributed by atoms with E-state index in [1.807, 2.05) is 37.8 Å². The number of hydrogen-bond acceptors (Lipinski definition) is 1. The van der Waals surface area contributed by atoms with Gasteiger partial charge in [-0.1, -0.05) is 42.7 Å². The molecule has 0 radical (unpaired) electrons. The molecule has 0 atom stereocenters. The Morgan fingerprint density at radius 3 is 2.70 bits per heavy atom. The lowest BCUT2D eigenvalue weighted by molar-refractivity contribution is 0.0947. The second-order valence-electron chi connectivity index (χ2n) is 6.84. The number of fused-ring (bicyclic) bond motifs is 1. The van der Waals surface area contributed by atoms with Gasteiger partial charge in [0.05, 0.1) is 5.56 Å². The van der Waals surface area contributed by atoms with Crippen LogP contribution < -0.4 is 10.8 Å².